The van der Waals surface area contributed by atoms with Crippen LogP contribution in [0.25, 0.3) is 0 Å². The smallest absolute Gasteiger partial charge is 0.104 e. The number of hydrogen-bond donors (Lipinski definition) is 0. The van der Waals surface area contributed by atoms with Crippen molar-refractivity contribution in [2.24, 2.45) is 0 Å². The van der Waals surface area contributed by atoms with E-state index in [9.17, 15) is 0 Å². The van der Waals surface area contributed by atoms with Crippen LogP contribution in [-0.4, -0.2) is 48.2 Å². The Bertz CT molecular complexity index is 366. The molecule has 0 bridgehead atoms. The first kappa shape index (κ1) is 26.3. The standard InChI is InChI=1S/C20H38N2.2BrH/c1-7-21(8-2,9-3)17-19-13-15-20(16-14-19)18-22(10-4,11-5)12-6;;/h13-16H,7-12,17-18H2,1-6H3;2*1H/q+2;;/p-2. The van der Waals surface area contributed by atoms with Gasteiger partial charge in [-0.3, -0.25) is 0 Å². The highest BCUT2D eigenvalue weighted by Crippen LogP contribution is 2.18. The molecule has 142 valence electrons. The zero-order chi connectivity index (χ0) is 16.6. The van der Waals surface area contributed by atoms with Crippen LogP contribution in [0.5, 0.6) is 0 Å². The van der Waals surface area contributed by atoms with Crippen molar-refractivity contribution in [2.45, 2.75) is 54.6 Å². The van der Waals surface area contributed by atoms with E-state index in [-0.39, 0.29) is 34.0 Å². The van der Waals surface area contributed by atoms with Gasteiger partial charge in [-0.1, -0.05) is 24.3 Å². The molecule has 0 aliphatic rings. The van der Waals surface area contributed by atoms with Gasteiger partial charge in [0.2, 0.25) is 0 Å². The van der Waals surface area contributed by atoms with Gasteiger partial charge >= 0.3 is 0 Å². The second-order valence-electron chi connectivity index (χ2n) is 6.71. The number of benzene rings is 1. The maximum Gasteiger partial charge on any atom is 0.104 e. The Morgan fingerprint density at radius 2 is 0.708 bits per heavy atom. The van der Waals surface area contributed by atoms with Gasteiger partial charge in [-0.25, -0.2) is 0 Å². The van der Waals surface area contributed by atoms with Gasteiger partial charge in [-0.15, -0.1) is 0 Å². The van der Waals surface area contributed by atoms with E-state index in [4.69, 9.17) is 0 Å². The zero-order valence-corrected chi connectivity index (χ0v) is 19.8. The molecule has 0 amide bonds. The maximum absolute atomic E-state index is 2.36. The largest absolute Gasteiger partial charge is 1.00 e. The number of quaternary nitrogens is 2. The van der Waals surface area contributed by atoms with Gasteiger partial charge in [0.05, 0.1) is 39.3 Å². The van der Waals surface area contributed by atoms with E-state index in [1.54, 1.807) is 0 Å². The SMILES string of the molecule is CC[N+](CC)(CC)Cc1ccc(C[N+](CC)(CC)CC)cc1.[Br-].[Br-]. The van der Waals surface area contributed by atoms with Gasteiger partial charge in [0.25, 0.3) is 0 Å². The molecule has 4 heteroatoms. The Labute approximate surface area is 172 Å². The molecule has 0 spiro atoms. The maximum atomic E-state index is 2.36. The third kappa shape index (κ3) is 6.78. The summed E-state index contributed by atoms with van der Waals surface area (Å²) in [5, 5.41) is 0. The molecule has 0 aromatic heterocycles. The van der Waals surface area contributed by atoms with Crippen LogP contribution in [0.3, 0.4) is 0 Å². The van der Waals surface area contributed by atoms with Crippen molar-refractivity contribution in [1.29, 1.82) is 0 Å². The number of nitrogens with zero attached hydrogens (tertiary/aromatic N) is 2. The molecule has 24 heavy (non-hydrogen) atoms. The van der Waals surface area contributed by atoms with Gasteiger partial charge in [0, 0.05) is 11.1 Å². The molecule has 0 aliphatic carbocycles. The van der Waals surface area contributed by atoms with Gasteiger partial charge in [-0.05, 0) is 41.5 Å². The van der Waals surface area contributed by atoms with Crippen molar-refractivity contribution in [3.63, 3.8) is 0 Å². The van der Waals surface area contributed by atoms with Gasteiger partial charge in [0.15, 0.2) is 0 Å². The first-order valence-electron chi connectivity index (χ1n) is 9.30. The van der Waals surface area contributed by atoms with Crippen LogP contribution in [0.2, 0.25) is 0 Å². The Hall–Kier alpha value is 0.1000. The lowest BCUT2D eigenvalue weighted by molar-refractivity contribution is -0.936. The van der Waals surface area contributed by atoms with E-state index in [0.29, 0.717) is 0 Å². The van der Waals surface area contributed by atoms with Gasteiger partial charge in [-0.2, -0.15) is 0 Å². The summed E-state index contributed by atoms with van der Waals surface area (Å²) < 4.78 is 2.39. The quantitative estimate of drug-likeness (QED) is 0.367. The number of rotatable bonds is 10. The molecule has 0 atom stereocenters. The minimum atomic E-state index is 0. The highest BCUT2D eigenvalue weighted by atomic mass is 79.9. The molecule has 0 heterocycles. The molecule has 0 aliphatic heterocycles. The fraction of sp³-hybridized carbons (Fsp3) is 0.700. The number of halogens is 2. The zero-order valence-electron chi connectivity index (χ0n) is 16.6. The molecule has 0 radical (unpaired) electrons. The molecule has 0 unspecified atom stereocenters. The molecular weight excluding hydrogens is 428 g/mol. The van der Waals surface area contributed by atoms with E-state index in [1.165, 1.54) is 72.5 Å². The second-order valence-corrected chi connectivity index (χ2v) is 6.71. The van der Waals surface area contributed by atoms with E-state index in [2.05, 4.69) is 65.8 Å². The molecule has 0 fully saturated rings. The van der Waals surface area contributed by atoms with E-state index < -0.39 is 0 Å². The summed E-state index contributed by atoms with van der Waals surface area (Å²) in [6.07, 6.45) is 0. The summed E-state index contributed by atoms with van der Waals surface area (Å²) in [6, 6.07) is 9.44. The molecule has 1 aromatic carbocycles. The third-order valence-corrected chi connectivity index (χ3v) is 6.08. The first-order valence-corrected chi connectivity index (χ1v) is 9.30. The van der Waals surface area contributed by atoms with E-state index in [0.717, 1.165) is 0 Å². The fourth-order valence-corrected chi connectivity index (χ4v) is 3.54. The van der Waals surface area contributed by atoms with Crippen LogP contribution in [0.4, 0.5) is 0 Å². The van der Waals surface area contributed by atoms with Crippen LogP contribution < -0.4 is 34.0 Å². The lowest BCUT2D eigenvalue weighted by Gasteiger charge is -2.36. The van der Waals surface area contributed by atoms with Crippen molar-refractivity contribution < 1.29 is 42.9 Å². The predicted molar refractivity (Wildman–Crippen MR) is 97.6 cm³/mol. The minimum Gasteiger partial charge on any atom is -1.00 e. The highest BCUT2D eigenvalue weighted by Gasteiger charge is 2.23. The average molecular weight is 466 g/mol. The van der Waals surface area contributed by atoms with Crippen molar-refractivity contribution in [1.82, 2.24) is 0 Å². The normalized spacial score (nSPS) is 11.6. The van der Waals surface area contributed by atoms with Gasteiger partial charge < -0.3 is 42.9 Å². The third-order valence-electron chi connectivity index (χ3n) is 6.08. The summed E-state index contributed by atoms with van der Waals surface area (Å²) in [6.45, 7) is 23.5. The first-order chi connectivity index (χ1) is 10.5. The fourth-order valence-electron chi connectivity index (χ4n) is 3.54. The summed E-state index contributed by atoms with van der Waals surface area (Å²) in [4.78, 5) is 0. The Balaban J connectivity index is 0. The van der Waals surface area contributed by atoms with E-state index in [1.807, 2.05) is 0 Å². The summed E-state index contributed by atoms with van der Waals surface area (Å²) in [5.74, 6) is 0. The van der Waals surface area contributed by atoms with Crippen molar-refractivity contribution in [3.8, 4) is 0 Å². The summed E-state index contributed by atoms with van der Waals surface area (Å²) in [5.41, 5.74) is 2.97. The number of hydrogen-bond acceptors (Lipinski definition) is 0. The lowest BCUT2D eigenvalue weighted by Crippen LogP contribution is -3.00. The van der Waals surface area contributed by atoms with Gasteiger partial charge in [0.1, 0.15) is 13.1 Å². The average Bonchev–Trinajstić information content (AvgIpc) is 2.59. The molecule has 1 rings (SSSR count). The van der Waals surface area contributed by atoms with E-state index >= 15 is 0 Å². The Morgan fingerprint density at radius 1 is 0.500 bits per heavy atom. The molecule has 0 saturated heterocycles. The lowest BCUT2D eigenvalue weighted by atomic mass is 10.1. The van der Waals surface area contributed by atoms with Crippen LogP contribution in [0.15, 0.2) is 24.3 Å². The molecular formula is C20H38Br2N2. The summed E-state index contributed by atoms with van der Waals surface area (Å²) >= 11 is 0. The molecule has 2 nitrogen and oxygen atoms in total. The minimum absolute atomic E-state index is 0. The predicted octanol–water partition coefficient (Wildman–Crippen LogP) is -1.55. The molecule has 0 saturated carbocycles. The van der Waals surface area contributed by atoms with Crippen LogP contribution >= 0.6 is 0 Å². The molecule has 1 aromatic rings. The second kappa shape index (κ2) is 12.5. The Morgan fingerprint density at radius 3 is 0.875 bits per heavy atom. The van der Waals surface area contributed by atoms with Crippen molar-refractivity contribution in [2.75, 3.05) is 39.3 Å². The van der Waals surface area contributed by atoms with Crippen molar-refractivity contribution >= 4 is 0 Å². The van der Waals surface area contributed by atoms with Crippen LogP contribution in [0, 0.1) is 0 Å². The van der Waals surface area contributed by atoms with Crippen molar-refractivity contribution in [3.05, 3.63) is 35.4 Å². The van der Waals surface area contributed by atoms with Crippen LogP contribution in [-0.2, 0) is 13.1 Å². The van der Waals surface area contributed by atoms with Crippen LogP contribution in [0.1, 0.15) is 52.7 Å². The monoisotopic (exact) mass is 464 g/mol. The highest BCUT2D eigenvalue weighted by molar-refractivity contribution is 5.21. The summed E-state index contributed by atoms with van der Waals surface area (Å²) in [7, 11) is 0. The Kier molecular flexibility index (Phi) is 13.7. The molecule has 0 N–H and O–H groups in total. The topological polar surface area (TPSA) is 0 Å².